The summed E-state index contributed by atoms with van der Waals surface area (Å²) in [6, 6.07) is 1.99. The van der Waals surface area contributed by atoms with Crippen LogP contribution in [0.5, 0.6) is 0 Å². The summed E-state index contributed by atoms with van der Waals surface area (Å²) in [5.74, 6) is 0.911. The Bertz CT molecular complexity index is 1740. The Labute approximate surface area is 212 Å². The highest BCUT2D eigenvalue weighted by Gasteiger charge is 2.29. The fourth-order valence-corrected chi connectivity index (χ4v) is 5.12. The van der Waals surface area contributed by atoms with Crippen LogP contribution < -0.4 is 16.0 Å². The number of rotatable bonds is 5. The maximum Gasteiger partial charge on any atom is 0.227 e. The molecule has 1 aliphatic heterocycles. The van der Waals surface area contributed by atoms with Gasteiger partial charge >= 0.3 is 0 Å². The number of anilines is 1. The zero-order chi connectivity index (χ0) is 24.9. The van der Waals surface area contributed by atoms with Crippen LogP contribution in [0.4, 0.5) is 5.69 Å². The number of nitrogens with zero attached hydrogens (tertiary/aromatic N) is 5. The van der Waals surface area contributed by atoms with Gasteiger partial charge in [-0.15, -0.1) is 0 Å². The van der Waals surface area contributed by atoms with Crippen molar-refractivity contribution in [3.8, 4) is 11.5 Å². The molecule has 1 atom stereocenters. The van der Waals surface area contributed by atoms with Gasteiger partial charge < -0.3 is 10.3 Å². The molecule has 2 aliphatic carbocycles. The van der Waals surface area contributed by atoms with Crippen LogP contribution in [-0.2, 0) is 4.79 Å². The Morgan fingerprint density at radius 2 is 2.03 bits per heavy atom. The molecule has 9 heteroatoms. The number of hydrogen-bond acceptors (Lipinski definition) is 6. The van der Waals surface area contributed by atoms with E-state index >= 15 is 0 Å². The van der Waals surface area contributed by atoms with Gasteiger partial charge in [0, 0.05) is 35.0 Å². The molecule has 37 heavy (non-hydrogen) atoms. The van der Waals surface area contributed by atoms with Gasteiger partial charge in [0.05, 0.1) is 35.7 Å². The monoisotopic (exact) mass is 490 g/mol. The number of aromatic amines is 2. The van der Waals surface area contributed by atoms with Gasteiger partial charge in [-0.1, -0.05) is 23.8 Å². The number of imidazole rings is 1. The first-order valence-electron chi connectivity index (χ1n) is 12.7. The summed E-state index contributed by atoms with van der Waals surface area (Å²) in [6.45, 7) is 2.70. The molecule has 0 spiro atoms. The Kier molecular flexibility index (Phi) is 5.09. The lowest BCUT2D eigenvalue weighted by Gasteiger charge is -2.14. The third-order valence-electron chi connectivity index (χ3n) is 7.25. The summed E-state index contributed by atoms with van der Waals surface area (Å²) in [7, 11) is 0. The second-order valence-electron chi connectivity index (χ2n) is 10.0. The SMILES string of the molecule is CC1=CCCC(c2cncc3[nH]c(-c4n[nH]c5c4=C[C@@H](c4cncc(NC(=O)C6CC6)c4)CN=5)nc23)=C1. The number of nitrogens with one attached hydrogen (secondary N) is 3. The van der Waals surface area contributed by atoms with Crippen molar-refractivity contribution in [1.29, 1.82) is 0 Å². The van der Waals surface area contributed by atoms with Crippen LogP contribution in [0.1, 0.15) is 49.7 Å². The van der Waals surface area contributed by atoms with Gasteiger partial charge in [0.1, 0.15) is 5.69 Å². The number of H-pyrrole nitrogens is 2. The van der Waals surface area contributed by atoms with Crippen molar-refractivity contribution < 1.29 is 4.79 Å². The topological polar surface area (TPSA) is 125 Å². The molecule has 0 unspecified atom stereocenters. The number of fused-ring (bicyclic) bond motifs is 2. The van der Waals surface area contributed by atoms with Crippen LogP contribution >= 0.6 is 0 Å². The lowest BCUT2D eigenvalue weighted by molar-refractivity contribution is -0.117. The molecule has 7 rings (SSSR count). The molecule has 3 aliphatic rings. The van der Waals surface area contributed by atoms with Crippen molar-refractivity contribution in [3.63, 3.8) is 0 Å². The van der Waals surface area contributed by atoms with E-state index < -0.39 is 0 Å². The number of pyridine rings is 2. The van der Waals surface area contributed by atoms with Crippen molar-refractivity contribution in [3.05, 3.63) is 70.4 Å². The van der Waals surface area contributed by atoms with Gasteiger partial charge in [0.2, 0.25) is 5.91 Å². The van der Waals surface area contributed by atoms with E-state index in [9.17, 15) is 4.79 Å². The predicted octanol–water partition coefficient (Wildman–Crippen LogP) is 3.41. The molecule has 4 aromatic heterocycles. The first kappa shape index (κ1) is 21.8. The molecule has 1 fully saturated rings. The van der Waals surface area contributed by atoms with Crippen LogP contribution in [0, 0.1) is 5.92 Å². The molecular weight excluding hydrogens is 464 g/mol. The molecule has 1 saturated carbocycles. The minimum Gasteiger partial charge on any atom is -0.335 e. The lowest BCUT2D eigenvalue weighted by atomic mass is 9.95. The van der Waals surface area contributed by atoms with E-state index in [1.165, 1.54) is 11.1 Å². The Hall–Kier alpha value is -4.40. The largest absolute Gasteiger partial charge is 0.335 e. The van der Waals surface area contributed by atoms with Gasteiger partial charge in [-0.3, -0.25) is 24.9 Å². The van der Waals surface area contributed by atoms with Gasteiger partial charge in [-0.2, -0.15) is 5.10 Å². The molecule has 9 nitrogen and oxygen atoms in total. The molecule has 0 aromatic carbocycles. The van der Waals surface area contributed by atoms with Gasteiger partial charge in [-0.05, 0) is 49.8 Å². The molecule has 1 amide bonds. The van der Waals surface area contributed by atoms with E-state index in [4.69, 9.17) is 9.98 Å². The Balaban J connectivity index is 1.25. The zero-order valence-electron chi connectivity index (χ0n) is 20.5. The lowest BCUT2D eigenvalue weighted by Crippen LogP contribution is -2.30. The summed E-state index contributed by atoms with van der Waals surface area (Å²) < 4.78 is 0. The maximum atomic E-state index is 12.2. The quantitative estimate of drug-likeness (QED) is 0.395. The minimum atomic E-state index is 0.0119. The van der Waals surface area contributed by atoms with Gasteiger partial charge in [-0.25, -0.2) is 4.98 Å². The predicted molar refractivity (Wildman–Crippen MR) is 141 cm³/mol. The van der Waals surface area contributed by atoms with Crippen molar-refractivity contribution >= 4 is 34.3 Å². The van der Waals surface area contributed by atoms with Crippen LogP contribution in [-0.4, -0.2) is 42.6 Å². The highest BCUT2D eigenvalue weighted by atomic mass is 16.2. The van der Waals surface area contributed by atoms with E-state index in [1.54, 1.807) is 6.20 Å². The van der Waals surface area contributed by atoms with E-state index in [1.807, 2.05) is 24.7 Å². The maximum absolute atomic E-state index is 12.2. The normalized spacial score (nSPS) is 18.9. The Morgan fingerprint density at radius 3 is 2.89 bits per heavy atom. The summed E-state index contributed by atoms with van der Waals surface area (Å²) in [5.41, 5.74) is 8.54. The average Bonchev–Trinajstić information content (AvgIpc) is 3.55. The second-order valence-corrected chi connectivity index (χ2v) is 10.0. The van der Waals surface area contributed by atoms with Crippen LogP contribution in [0.25, 0.3) is 34.2 Å². The molecule has 4 aromatic rings. The first-order chi connectivity index (χ1) is 18.1. The zero-order valence-corrected chi connectivity index (χ0v) is 20.5. The summed E-state index contributed by atoms with van der Waals surface area (Å²) in [6.07, 6.45) is 17.8. The van der Waals surface area contributed by atoms with Crippen molar-refractivity contribution in [2.75, 3.05) is 11.9 Å². The molecule has 5 heterocycles. The number of allylic oxidation sites excluding steroid dienone is 4. The van der Waals surface area contributed by atoms with E-state index in [2.05, 4.69) is 55.6 Å². The molecular formula is C28H26N8O. The summed E-state index contributed by atoms with van der Waals surface area (Å²) >= 11 is 0. The number of hydrogen-bond donors (Lipinski definition) is 3. The molecule has 184 valence electrons. The van der Waals surface area contributed by atoms with E-state index in [0.29, 0.717) is 12.4 Å². The number of amides is 1. The molecule has 3 N–H and O–H groups in total. The Morgan fingerprint density at radius 1 is 1.14 bits per heavy atom. The number of aromatic nitrogens is 6. The average molecular weight is 491 g/mol. The minimum absolute atomic E-state index is 0.0119. The smallest absolute Gasteiger partial charge is 0.227 e. The summed E-state index contributed by atoms with van der Waals surface area (Å²) in [5, 5.41) is 11.5. The second kappa shape index (κ2) is 8.62. The summed E-state index contributed by atoms with van der Waals surface area (Å²) in [4.78, 5) is 34.2. The van der Waals surface area contributed by atoms with Crippen LogP contribution in [0.3, 0.4) is 0 Å². The van der Waals surface area contributed by atoms with Crippen molar-refractivity contribution in [1.82, 2.24) is 30.1 Å². The van der Waals surface area contributed by atoms with Crippen molar-refractivity contribution in [2.45, 2.75) is 38.5 Å². The van der Waals surface area contributed by atoms with E-state index in [-0.39, 0.29) is 17.7 Å². The van der Waals surface area contributed by atoms with Gasteiger partial charge in [0.15, 0.2) is 11.3 Å². The fourth-order valence-electron chi connectivity index (χ4n) is 5.12. The molecule has 0 bridgehead atoms. The third kappa shape index (κ3) is 4.06. The highest BCUT2D eigenvalue weighted by Crippen LogP contribution is 2.32. The molecule has 0 radical (unpaired) electrons. The first-order valence-corrected chi connectivity index (χ1v) is 12.7. The molecule has 0 saturated heterocycles. The fraction of sp³-hybridized carbons (Fsp3) is 0.286. The van der Waals surface area contributed by atoms with Crippen LogP contribution in [0.15, 0.2) is 53.6 Å². The standard InChI is InChI=1S/C28H26N8O/c1-15-3-2-4-17(7-15)22-13-30-14-23-24(22)34-27(33-23)25-21-9-19(11-31-26(21)36-35-25)18-8-20(12-29-10-18)32-28(37)16-5-6-16/h3,7-10,12-14,16,19H,2,4-6,11H2,1H3,(H,31,36)(H,32,37)(H,33,34)/t19-/m1/s1. The van der Waals surface area contributed by atoms with Gasteiger partial charge in [0.25, 0.3) is 0 Å². The van der Waals surface area contributed by atoms with Crippen molar-refractivity contribution in [2.24, 2.45) is 10.9 Å². The number of carbonyl (C=O) groups excluding carboxylic acids is 1. The number of carbonyl (C=O) groups is 1. The highest BCUT2D eigenvalue weighted by molar-refractivity contribution is 5.94. The van der Waals surface area contributed by atoms with E-state index in [0.717, 1.165) is 69.9 Å². The van der Waals surface area contributed by atoms with Crippen LogP contribution in [0.2, 0.25) is 0 Å². The third-order valence-corrected chi connectivity index (χ3v) is 7.25.